The van der Waals surface area contributed by atoms with E-state index in [0.29, 0.717) is 70.4 Å². The van der Waals surface area contributed by atoms with Crippen molar-refractivity contribution in [1.82, 2.24) is 40.4 Å². The fourth-order valence-corrected chi connectivity index (χ4v) is 10.4. The topological polar surface area (TPSA) is 188 Å². The molecular formula is C51H66N8O7. The average molecular weight is 903 g/mol. The quantitative estimate of drug-likeness (QED) is 0.132. The monoisotopic (exact) mass is 903 g/mol. The summed E-state index contributed by atoms with van der Waals surface area (Å²) < 4.78 is 8.44. The number of likely N-dealkylation sites (tertiary alicyclic amines) is 1. The molecule has 2 aromatic heterocycles. The number of esters is 1. The first-order chi connectivity index (χ1) is 31.6. The molecule has 15 heteroatoms. The number of aromatic nitrogens is 2. The summed E-state index contributed by atoms with van der Waals surface area (Å²) in [6.45, 7) is 15.0. The Kier molecular flexibility index (Phi) is 13.6. The van der Waals surface area contributed by atoms with Crippen molar-refractivity contribution in [1.29, 1.82) is 0 Å². The van der Waals surface area contributed by atoms with E-state index in [2.05, 4.69) is 71.5 Å². The third-order valence-corrected chi connectivity index (χ3v) is 13.9. The van der Waals surface area contributed by atoms with E-state index in [1.165, 1.54) is 15.5 Å². The van der Waals surface area contributed by atoms with Crippen molar-refractivity contribution in [3.63, 3.8) is 0 Å². The minimum Gasteiger partial charge on any atom is -0.508 e. The van der Waals surface area contributed by atoms with E-state index in [-0.39, 0.29) is 48.5 Å². The van der Waals surface area contributed by atoms with Gasteiger partial charge in [0, 0.05) is 86.4 Å². The highest BCUT2D eigenvalue weighted by Gasteiger charge is 2.41. The highest BCUT2D eigenvalue weighted by molar-refractivity contribution is 5.96. The summed E-state index contributed by atoms with van der Waals surface area (Å²) in [6.07, 6.45) is 7.18. The van der Waals surface area contributed by atoms with Crippen LogP contribution in [0.3, 0.4) is 0 Å². The number of nitrogens with zero attached hydrogens (tertiary/aromatic N) is 5. The van der Waals surface area contributed by atoms with Gasteiger partial charge in [-0.15, -0.1) is 0 Å². The molecule has 6 heterocycles. The number of nitrogens with one attached hydrogen (secondary N) is 3. The predicted molar refractivity (Wildman–Crippen MR) is 252 cm³/mol. The summed E-state index contributed by atoms with van der Waals surface area (Å²) in [5.41, 5.74) is 10.3. The van der Waals surface area contributed by atoms with Crippen LogP contribution in [0.15, 0.2) is 54.9 Å². The Morgan fingerprint density at radius 2 is 1.77 bits per heavy atom. The SMILES string of the molecule is CCc1ccncc1-c1c2c3cc(ccc3n1CC)-c1cc(O)cc(c1)C[C@H](NC(=O)[C@H](C(C)C)N(C)C(=O)C1CCN(C(=O)[C@@H]3CN3)CC1)C(=O)N1CCC[C@H](N1)C(=O)OCC(C)(C)C2. The number of phenolic OH excluding ortho intramolecular Hbond substituents is 1. The Labute approximate surface area is 387 Å². The lowest BCUT2D eigenvalue weighted by atomic mass is 9.84. The van der Waals surface area contributed by atoms with Crippen molar-refractivity contribution < 1.29 is 33.8 Å². The number of likely N-dealkylation sites (N-methyl/N-ethyl adjacent to an activating group) is 1. The van der Waals surface area contributed by atoms with Gasteiger partial charge in [-0.3, -0.25) is 34.0 Å². The molecular weight excluding hydrogens is 837 g/mol. The molecule has 0 saturated carbocycles. The number of rotatable bonds is 9. The van der Waals surface area contributed by atoms with Crippen LogP contribution in [0.1, 0.15) is 83.9 Å². The zero-order chi connectivity index (χ0) is 47.0. The van der Waals surface area contributed by atoms with E-state index in [4.69, 9.17) is 4.74 Å². The van der Waals surface area contributed by atoms with Gasteiger partial charge in [0.15, 0.2) is 0 Å². The van der Waals surface area contributed by atoms with Crippen molar-refractivity contribution in [3.8, 4) is 28.1 Å². The second-order valence-corrected chi connectivity index (χ2v) is 19.8. The Hall–Kier alpha value is -5.80. The summed E-state index contributed by atoms with van der Waals surface area (Å²) in [5.74, 6) is -2.16. The number of hydrogen-bond donors (Lipinski definition) is 4. The van der Waals surface area contributed by atoms with Crippen LogP contribution < -0.4 is 16.1 Å². The molecule has 6 bridgehead atoms. The minimum absolute atomic E-state index is 0.0103. The number of pyridine rings is 1. The van der Waals surface area contributed by atoms with E-state index in [1.807, 2.05) is 38.4 Å². The van der Waals surface area contributed by atoms with Crippen LogP contribution in [0.5, 0.6) is 5.75 Å². The number of amides is 4. The molecule has 4 amide bonds. The lowest BCUT2D eigenvalue weighted by molar-refractivity contribution is -0.155. The van der Waals surface area contributed by atoms with Gasteiger partial charge >= 0.3 is 5.97 Å². The Morgan fingerprint density at radius 1 is 1.02 bits per heavy atom. The van der Waals surface area contributed by atoms with Gasteiger partial charge in [-0.25, -0.2) is 5.43 Å². The van der Waals surface area contributed by atoms with E-state index in [0.717, 1.165) is 45.3 Å². The number of carbonyl (C=O) groups excluding carboxylic acids is 5. The van der Waals surface area contributed by atoms with E-state index in [9.17, 15) is 29.1 Å². The van der Waals surface area contributed by atoms with Crippen LogP contribution in [0, 0.1) is 17.3 Å². The van der Waals surface area contributed by atoms with Crippen molar-refractivity contribution >= 4 is 40.5 Å². The molecule has 4 N–H and O–H groups in total. The van der Waals surface area contributed by atoms with Gasteiger partial charge in [-0.1, -0.05) is 46.8 Å². The average Bonchev–Trinajstić information content (AvgIpc) is 4.12. The number of aromatic hydroxyl groups is 1. The summed E-state index contributed by atoms with van der Waals surface area (Å²) in [5, 5.41) is 19.9. The standard InChI is InChI=1S/C51H66N8O7/c1-8-32-14-17-52-27-39(32)45-38-26-51(5,6)29-66-50(65)40-11-10-18-59(55-40)49(64)41(23-31-21-35(24-36(60)22-31)34-12-13-43(37(38)25-34)58(45)9-2)54-46(61)44(30(3)4)56(7)47(62)33-15-19-57(20-16-33)48(63)42-28-53-42/h12-14,17,21-22,24-25,27,30,33,40-42,44,53,55,60H,8-11,15-16,18-20,23,26,28-29H2,1-7H3,(H,54,61)/t40-,41-,42-,44-/m0/s1. The van der Waals surface area contributed by atoms with E-state index >= 15 is 0 Å². The first-order valence-corrected chi connectivity index (χ1v) is 23.8. The van der Waals surface area contributed by atoms with Gasteiger partial charge in [0.1, 0.15) is 23.9 Å². The molecule has 0 spiro atoms. The zero-order valence-electron chi connectivity index (χ0n) is 39.5. The third kappa shape index (κ3) is 9.69. The maximum absolute atomic E-state index is 14.7. The Bertz CT molecular complexity index is 2500. The lowest BCUT2D eigenvalue weighted by Crippen LogP contribution is -2.62. The van der Waals surface area contributed by atoms with Crippen LogP contribution in [0.4, 0.5) is 0 Å². The Balaban J connectivity index is 1.15. The number of fused-ring (bicyclic) bond motifs is 6. The molecule has 4 aliphatic rings. The fourth-order valence-electron chi connectivity index (χ4n) is 10.4. The predicted octanol–water partition coefficient (Wildman–Crippen LogP) is 5.00. The fraction of sp³-hybridized carbons (Fsp3) is 0.529. The van der Waals surface area contributed by atoms with Gasteiger partial charge in [-0.2, -0.15) is 0 Å². The van der Waals surface area contributed by atoms with E-state index < -0.39 is 41.3 Å². The maximum Gasteiger partial charge on any atom is 0.324 e. The molecule has 352 valence electrons. The van der Waals surface area contributed by atoms with Crippen molar-refractivity contribution in [2.75, 3.05) is 39.8 Å². The van der Waals surface area contributed by atoms with Gasteiger partial charge in [0.2, 0.25) is 17.7 Å². The van der Waals surface area contributed by atoms with Crippen molar-refractivity contribution in [2.45, 2.75) is 117 Å². The first-order valence-electron chi connectivity index (χ1n) is 23.8. The number of ether oxygens (including phenoxy) is 1. The zero-order valence-corrected chi connectivity index (χ0v) is 39.5. The van der Waals surface area contributed by atoms with Gasteiger partial charge in [0.05, 0.1) is 18.3 Å². The van der Waals surface area contributed by atoms with Crippen LogP contribution in [0.2, 0.25) is 0 Å². The number of cyclic esters (lactones) is 1. The number of hydrazine groups is 1. The molecule has 0 radical (unpaired) electrons. The molecule has 0 unspecified atom stereocenters. The van der Waals surface area contributed by atoms with Crippen molar-refractivity contribution in [2.24, 2.45) is 17.3 Å². The molecule has 4 aliphatic heterocycles. The minimum atomic E-state index is -1.13. The van der Waals surface area contributed by atoms with Crippen LogP contribution >= 0.6 is 0 Å². The molecule has 8 rings (SSSR count). The number of phenols is 1. The molecule has 3 saturated heterocycles. The number of piperidine rings is 1. The Morgan fingerprint density at radius 3 is 2.47 bits per heavy atom. The van der Waals surface area contributed by atoms with Crippen LogP contribution in [0.25, 0.3) is 33.3 Å². The molecule has 3 fully saturated rings. The molecule has 66 heavy (non-hydrogen) atoms. The summed E-state index contributed by atoms with van der Waals surface area (Å²) in [7, 11) is 1.63. The van der Waals surface area contributed by atoms with Crippen LogP contribution in [-0.4, -0.2) is 123 Å². The third-order valence-electron chi connectivity index (χ3n) is 13.9. The van der Waals surface area contributed by atoms with E-state index in [1.54, 1.807) is 24.1 Å². The second kappa shape index (κ2) is 19.2. The lowest BCUT2D eigenvalue weighted by Gasteiger charge is -2.38. The van der Waals surface area contributed by atoms with Gasteiger partial charge < -0.3 is 34.8 Å². The number of carbonyl (C=O) groups is 5. The van der Waals surface area contributed by atoms with Gasteiger partial charge in [0.25, 0.3) is 5.91 Å². The molecule has 4 atom stereocenters. The molecule has 2 aromatic carbocycles. The number of benzene rings is 2. The first kappa shape index (κ1) is 46.7. The normalized spacial score (nSPS) is 21.8. The molecule has 4 aromatic rings. The largest absolute Gasteiger partial charge is 0.508 e. The van der Waals surface area contributed by atoms with Crippen LogP contribution in [-0.2, 0) is 54.5 Å². The number of hydrogen-bond acceptors (Lipinski definition) is 10. The highest BCUT2D eigenvalue weighted by atomic mass is 16.5. The summed E-state index contributed by atoms with van der Waals surface area (Å²) in [6, 6.07) is 10.7. The smallest absolute Gasteiger partial charge is 0.324 e. The molecule has 0 aliphatic carbocycles. The molecule has 15 nitrogen and oxygen atoms in total. The van der Waals surface area contributed by atoms with Crippen molar-refractivity contribution in [3.05, 3.63) is 71.5 Å². The van der Waals surface area contributed by atoms with Gasteiger partial charge in [-0.05, 0) is 110 Å². The number of aryl methyl sites for hydroxylation is 2. The summed E-state index contributed by atoms with van der Waals surface area (Å²) in [4.78, 5) is 77.8. The maximum atomic E-state index is 14.7. The second-order valence-electron chi connectivity index (χ2n) is 19.8. The summed E-state index contributed by atoms with van der Waals surface area (Å²) >= 11 is 0. The highest BCUT2D eigenvalue weighted by Crippen LogP contribution is 2.41.